The molecule has 0 spiro atoms. The van der Waals surface area contributed by atoms with E-state index in [1.54, 1.807) is 0 Å². The number of benzene rings is 2. The van der Waals surface area contributed by atoms with Gasteiger partial charge in [-0.05, 0) is 36.8 Å². The number of fused-ring (bicyclic) bond motifs is 1. The largest absolute Gasteiger partial charge is 0.481 e. The Hall–Kier alpha value is -1.19. The van der Waals surface area contributed by atoms with Crippen LogP contribution < -0.4 is 10.1 Å². The molecule has 0 amide bonds. The van der Waals surface area contributed by atoms with Crippen molar-refractivity contribution in [3.05, 3.63) is 57.5 Å². The number of anilines is 1. The molecule has 19 heavy (non-hydrogen) atoms. The highest BCUT2D eigenvalue weighted by Crippen LogP contribution is 2.39. The lowest BCUT2D eigenvalue weighted by Gasteiger charge is -2.33. The Bertz CT molecular complexity index is 617. The lowest BCUT2D eigenvalue weighted by molar-refractivity contribution is 0.177. The van der Waals surface area contributed by atoms with Gasteiger partial charge in [-0.3, -0.25) is 0 Å². The Morgan fingerprint density at radius 2 is 2.05 bits per heavy atom. The summed E-state index contributed by atoms with van der Waals surface area (Å²) in [5.41, 5.74) is 2.13. The maximum atomic E-state index is 6.10. The van der Waals surface area contributed by atoms with Crippen LogP contribution in [0, 0.1) is 0 Å². The highest BCUT2D eigenvalue weighted by Gasteiger charge is 2.27. The third kappa shape index (κ3) is 2.58. The lowest BCUT2D eigenvalue weighted by Crippen LogP contribution is -2.32. The van der Waals surface area contributed by atoms with Crippen molar-refractivity contribution in [3.8, 4) is 5.75 Å². The van der Waals surface area contributed by atoms with E-state index in [0.717, 1.165) is 21.5 Å². The smallest absolute Gasteiger partial charge is 0.144 e. The molecule has 0 aromatic heterocycles. The van der Waals surface area contributed by atoms with Gasteiger partial charge >= 0.3 is 0 Å². The first-order valence-electron chi connectivity index (χ1n) is 6.12. The first kappa shape index (κ1) is 12.8. The Morgan fingerprint density at radius 1 is 1.21 bits per heavy atom. The van der Waals surface area contributed by atoms with E-state index in [2.05, 4.69) is 40.3 Å². The molecule has 98 valence electrons. The summed E-state index contributed by atoms with van der Waals surface area (Å²) in [4.78, 5) is 0. The Balaban J connectivity index is 1.97. The second-order valence-electron chi connectivity index (χ2n) is 4.67. The van der Waals surface area contributed by atoms with Crippen LogP contribution in [0.5, 0.6) is 5.75 Å². The molecule has 3 rings (SSSR count). The van der Waals surface area contributed by atoms with Crippen LogP contribution >= 0.6 is 27.5 Å². The fourth-order valence-electron chi connectivity index (χ4n) is 2.31. The molecule has 0 fully saturated rings. The molecule has 0 saturated carbocycles. The quantitative estimate of drug-likeness (QED) is 0.787. The summed E-state index contributed by atoms with van der Waals surface area (Å²) in [5.74, 6) is 0.801. The highest BCUT2D eigenvalue weighted by atomic mass is 79.9. The molecular weight excluding hydrogens is 326 g/mol. The predicted molar refractivity (Wildman–Crippen MR) is 82.0 cm³/mol. The molecule has 2 aromatic carbocycles. The van der Waals surface area contributed by atoms with Gasteiger partial charge in [0, 0.05) is 15.6 Å². The van der Waals surface area contributed by atoms with Gasteiger partial charge in [-0.1, -0.05) is 39.7 Å². The van der Waals surface area contributed by atoms with Crippen LogP contribution in [0.1, 0.15) is 18.6 Å². The molecule has 0 bridgehead atoms. The van der Waals surface area contributed by atoms with Crippen molar-refractivity contribution in [2.24, 2.45) is 0 Å². The molecule has 1 aliphatic rings. The summed E-state index contributed by atoms with van der Waals surface area (Å²) in [5, 5.41) is 4.14. The van der Waals surface area contributed by atoms with Crippen molar-refractivity contribution < 1.29 is 4.74 Å². The SMILES string of the molecule is CC1Nc2ccc(Cl)cc2OC1c1cccc(Br)c1. The highest BCUT2D eigenvalue weighted by molar-refractivity contribution is 9.10. The summed E-state index contributed by atoms with van der Waals surface area (Å²) in [6.45, 7) is 2.11. The Morgan fingerprint density at radius 3 is 2.84 bits per heavy atom. The van der Waals surface area contributed by atoms with Gasteiger partial charge in [0.1, 0.15) is 11.9 Å². The van der Waals surface area contributed by atoms with Crippen molar-refractivity contribution >= 4 is 33.2 Å². The molecule has 0 saturated heterocycles. The van der Waals surface area contributed by atoms with E-state index in [1.165, 1.54) is 0 Å². The number of hydrogen-bond acceptors (Lipinski definition) is 2. The summed E-state index contributed by atoms with van der Waals surface area (Å²) in [7, 11) is 0. The van der Waals surface area contributed by atoms with E-state index in [9.17, 15) is 0 Å². The third-order valence-electron chi connectivity index (χ3n) is 3.21. The fraction of sp³-hybridized carbons (Fsp3) is 0.200. The molecule has 0 radical (unpaired) electrons. The van der Waals surface area contributed by atoms with Crippen LogP contribution in [0.3, 0.4) is 0 Å². The monoisotopic (exact) mass is 337 g/mol. The van der Waals surface area contributed by atoms with Gasteiger partial charge < -0.3 is 10.1 Å². The van der Waals surface area contributed by atoms with Crippen molar-refractivity contribution in [2.75, 3.05) is 5.32 Å². The Kier molecular flexibility index (Phi) is 3.42. The van der Waals surface area contributed by atoms with E-state index in [0.29, 0.717) is 5.02 Å². The predicted octanol–water partition coefficient (Wildman–Crippen LogP) is 5.04. The number of rotatable bonds is 1. The molecule has 4 heteroatoms. The number of ether oxygens (including phenoxy) is 1. The maximum Gasteiger partial charge on any atom is 0.144 e. The van der Waals surface area contributed by atoms with Crippen molar-refractivity contribution in [1.82, 2.24) is 0 Å². The van der Waals surface area contributed by atoms with E-state index in [1.807, 2.05) is 30.3 Å². The maximum absolute atomic E-state index is 6.10. The van der Waals surface area contributed by atoms with E-state index < -0.39 is 0 Å². The second kappa shape index (κ2) is 5.06. The van der Waals surface area contributed by atoms with Crippen LogP contribution in [0.2, 0.25) is 5.02 Å². The summed E-state index contributed by atoms with van der Waals surface area (Å²) < 4.78 is 7.15. The van der Waals surface area contributed by atoms with Gasteiger partial charge in [0.25, 0.3) is 0 Å². The normalized spacial score (nSPS) is 21.2. The average molecular weight is 339 g/mol. The van der Waals surface area contributed by atoms with Gasteiger partial charge in [-0.2, -0.15) is 0 Å². The van der Waals surface area contributed by atoms with E-state index in [4.69, 9.17) is 16.3 Å². The fourth-order valence-corrected chi connectivity index (χ4v) is 2.89. The summed E-state index contributed by atoms with van der Waals surface area (Å²) in [6.07, 6.45) is -0.0246. The first-order chi connectivity index (χ1) is 9.13. The zero-order valence-electron chi connectivity index (χ0n) is 10.4. The van der Waals surface area contributed by atoms with E-state index in [-0.39, 0.29) is 12.1 Å². The molecule has 2 nitrogen and oxygen atoms in total. The molecule has 2 unspecified atom stereocenters. The van der Waals surface area contributed by atoms with Crippen LogP contribution in [0.15, 0.2) is 46.9 Å². The minimum Gasteiger partial charge on any atom is -0.481 e. The van der Waals surface area contributed by atoms with E-state index >= 15 is 0 Å². The lowest BCUT2D eigenvalue weighted by atomic mass is 10.0. The van der Waals surface area contributed by atoms with Crippen molar-refractivity contribution in [2.45, 2.75) is 19.1 Å². The number of halogens is 2. The molecule has 1 N–H and O–H groups in total. The molecule has 1 heterocycles. The van der Waals surface area contributed by atoms with Gasteiger partial charge in [-0.25, -0.2) is 0 Å². The molecule has 2 aromatic rings. The van der Waals surface area contributed by atoms with Crippen molar-refractivity contribution in [1.29, 1.82) is 0 Å². The van der Waals surface area contributed by atoms with Crippen LogP contribution in [-0.4, -0.2) is 6.04 Å². The minimum absolute atomic E-state index is 0.0246. The van der Waals surface area contributed by atoms with Crippen LogP contribution in [0.4, 0.5) is 5.69 Å². The Labute approximate surface area is 125 Å². The first-order valence-corrected chi connectivity index (χ1v) is 7.29. The molecule has 0 aliphatic carbocycles. The van der Waals surface area contributed by atoms with Gasteiger partial charge in [0.15, 0.2) is 0 Å². The number of nitrogens with one attached hydrogen (secondary N) is 1. The average Bonchev–Trinajstić information content (AvgIpc) is 2.38. The summed E-state index contributed by atoms with van der Waals surface area (Å²) >= 11 is 9.51. The molecular formula is C15H13BrClNO. The van der Waals surface area contributed by atoms with Crippen LogP contribution in [0.25, 0.3) is 0 Å². The van der Waals surface area contributed by atoms with Gasteiger partial charge in [0.05, 0.1) is 11.7 Å². The third-order valence-corrected chi connectivity index (χ3v) is 3.94. The molecule has 1 aliphatic heterocycles. The topological polar surface area (TPSA) is 21.3 Å². The van der Waals surface area contributed by atoms with Crippen molar-refractivity contribution in [3.63, 3.8) is 0 Å². The zero-order chi connectivity index (χ0) is 13.4. The van der Waals surface area contributed by atoms with Gasteiger partial charge in [0.2, 0.25) is 0 Å². The second-order valence-corrected chi connectivity index (χ2v) is 6.02. The summed E-state index contributed by atoms with van der Waals surface area (Å²) in [6, 6.07) is 14.0. The standard InChI is InChI=1S/C15H13BrClNO/c1-9-15(10-3-2-4-11(16)7-10)19-14-8-12(17)5-6-13(14)18-9/h2-9,15,18H,1H3. The van der Waals surface area contributed by atoms with Crippen LogP contribution in [-0.2, 0) is 0 Å². The molecule has 2 atom stereocenters. The van der Waals surface area contributed by atoms with Gasteiger partial charge in [-0.15, -0.1) is 0 Å². The number of hydrogen-bond donors (Lipinski definition) is 1. The zero-order valence-corrected chi connectivity index (χ0v) is 12.7. The minimum atomic E-state index is -0.0246.